The minimum absolute atomic E-state index is 0.0660. The van der Waals surface area contributed by atoms with E-state index in [9.17, 15) is 5.21 Å². The van der Waals surface area contributed by atoms with Crippen LogP contribution >= 0.6 is 0 Å². The summed E-state index contributed by atoms with van der Waals surface area (Å²) < 4.78 is 21.3. The number of allylic oxidation sites excluding steroid dienone is 1. The molecule has 0 bridgehead atoms. The molecule has 0 heterocycles. The molecular formula is C37H53NO4Si2. The second-order valence-electron chi connectivity index (χ2n) is 14.0. The average molecular weight is 632 g/mol. The van der Waals surface area contributed by atoms with Crippen molar-refractivity contribution in [3.63, 3.8) is 0 Å². The van der Waals surface area contributed by atoms with Crippen molar-refractivity contribution in [1.82, 2.24) is 0 Å². The Bertz CT molecular complexity index is 1290. The molecule has 44 heavy (non-hydrogen) atoms. The maximum absolute atomic E-state index is 13.5. The number of ether oxygens (including phenoxy) is 1. The van der Waals surface area contributed by atoms with E-state index in [0.29, 0.717) is 6.61 Å². The SMILES string of the molecule is C/C=C/[C@H](O[Si](c1ccccc1)(c1ccccc1)C(C)(C)C)[C@H](C/[N+]([O-])=C/CO[Si](C)(C)C(C)(C)C)OCc1ccccc1. The lowest BCUT2D eigenvalue weighted by Crippen LogP contribution is -2.68. The molecule has 3 aromatic rings. The molecule has 0 unspecified atom stereocenters. The number of hydrogen-bond acceptors (Lipinski definition) is 4. The van der Waals surface area contributed by atoms with Gasteiger partial charge in [0.25, 0.3) is 8.32 Å². The van der Waals surface area contributed by atoms with Crippen LogP contribution in [0.2, 0.25) is 23.2 Å². The Kier molecular flexibility index (Phi) is 12.5. The van der Waals surface area contributed by atoms with Crippen molar-refractivity contribution in [2.24, 2.45) is 0 Å². The lowest BCUT2D eigenvalue weighted by Gasteiger charge is -2.45. The standard InChI is InChI=1S/C37H53NO4Si2/c1-10-20-34(42-44(37(5,6)7,32-23-16-12-17-24-32)33-25-18-13-19-26-33)35(40-30-31-21-14-11-15-22-31)29-38(39)27-28-41-43(8,9)36(2,3)4/h10-27,34-35H,28-30H2,1-9H3/b20-10+,38-27-/t34-,35-/m0/s1. The Morgan fingerprint density at radius 3 is 1.73 bits per heavy atom. The summed E-state index contributed by atoms with van der Waals surface area (Å²) in [5.74, 6) is 0. The Labute approximate surface area is 268 Å². The fourth-order valence-corrected chi connectivity index (χ4v) is 10.7. The lowest BCUT2D eigenvalue weighted by molar-refractivity contribution is -0.469. The molecule has 0 spiro atoms. The van der Waals surface area contributed by atoms with Crippen molar-refractivity contribution in [2.45, 2.75) is 90.5 Å². The van der Waals surface area contributed by atoms with E-state index < -0.39 is 28.8 Å². The van der Waals surface area contributed by atoms with E-state index in [-0.39, 0.29) is 23.2 Å². The van der Waals surface area contributed by atoms with Gasteiger partial charge < -0.3 is 18.8 Å². The molecule has 3 rings (SSSR count). The summed E-state index contributed by atoms with van der Waals surface area (Å²) in [5, 5.41) is 15.7. The topological polar surface area (TPSA) is 53.8 Å². The first-order valence-corrected chi connectivity index (χ1v) is 20.5. The van der Waals surface area contributed by atoms with Gasteiger partial charge in [-0.3, -0.25) is 0 Å². The third-order valence-electron chi connectivity index (χ3n) is 8.67. The first-order chi connectivity index (χ1) is 20.7. The van der Waals surface area contributed by atoms with Crippen molar-refractivity contribution in [1.29, 1.82) is 0 Å². The zero-order chi connectivity index (χ0) is 32.4. The molecule has 0 amide bonds. The van der Waals surface area contributed by atoms with E-state index in [1.54, 1.807) is 6.21 Å². The van der Waals surface area contributed by atoms with Crippen LogP contribution in [0.1, 0.15) is 54.0 Å². The number of hydrogen-bond donors (Lipinski definition) is 0. The lowest BCUT2D eigenvalue weighted by atomic mass is 10.2. The summed E-state index contributed by atoms with van der Waals surface area (Å²) in [6, 6.07) is 31.2. The van der Waals surface area contributed by atoms with Crippen LogP contribution in [-0.4, -0.2) is 52.9 Å². The van der Waals surface area contributed by atoms with Gasteiger partial charge in [-0.05, 0) is 46.0 Å². The van der Waals surface area contributed by atoms with Gasteiger partial charge in [-0.2, -0.15) is 0 Å². The van der Waals surface area contributed by atoms with E-state index >= 15 is 0 Å². The first-order valence-electron chi connectivity index (χ1n) is 15.7. The summed E-state index contributed by atoms with van der Waals surface area (Å²) in [5.41, 5.74) is 1.05. The third kappa shape index (κ3) is 9.11. The van der Waals surface area contributed by atoms with Crippen molar-refractivity contribution in [3.8, 4) is 0 Å². The van der Waals surface area contributed by atoms with E-state index in [1.165, 1.54) is 10.4 Å². The number of hydroxylamine groups is 1. The molecule has 0 saturated heterocycles. The number of nitrogens with zero attached hydrogens (tertiary/aromatic N) is 1. The molecule has 0 aromatic heterocycles. The van der Waals surface area contributed by atoms with Crippen LogP contribution in [-0.2, 0) is 20.2 Å². The summed E-state index contributed by atoms with van der Waals surface area (Å²) in [4.78, 5) is 0. The Morgan fingerprint density at radius 2 is 1.27 bits per heavy atom. The Morgan fingerprint density at radius 1 is 0.773 bits per heavy atom. The summed E-state index contributed by atoms with van der Waals surface area (Å²) in [7, 11) is -4.92. The molecule has 0 fully saturated rings. The first kappa shape index (κ1) is 35.7. The van der Waals surface area contributed by atoms with Crippen molar-refractivity contribution in [2.75, 3.05) is 13.2 Å². The summed E-state index contributed by atoms with van der Waals surface area (Å²) >= 11 is 0. The van der Waals surface area contributed by atoms with Gasteiger partial charge >= 0.3 is 0 Å². The van der Waals surface area contributed by atoms with E-state index in [0.717, 1.165) is 10.3 Å². The molecule has 2 atom stereocenters. The van der Waals surface area contributed by atoms with Gasteiger partial charge in [0.2, 0.25) is 0 Å². The fourth-order valence-electron chi connectivity index (χ4n) is 5.15. The predicted molar refractivity (Wildman–Crippen MR) is 190 cm³/mol. The minimum Gasteiger partial charge on any atom is -0.624 e. The Balaban J connectivity index is 2.04. The molecule has 0 saturated carbocycles. The average Bonchev–Trinajstić information content (AvgIpc) is 2.97. The van der Waals surface area contributed by atoms with Gasteiger partial charge in [0.05, 0.1) is 12.7 Å². The van der Waals surface area contributed by atoms with Gasteiger partial charge in [-0.1, -0.05) is 145 Å². The molecule has 0 radical (unpaired) electrons. The predicted octanol–water partition coefficient (Wildman–Crippen LogP) is 7.70. The second-order valence-corrected chi connectivity index (χ2v) is 23.0. The smallest absolute Gasteiger partial charge is 0.262 e. The Hall–Kier alpha value is -2.82. The van der Waals surface area contributed by atoms with Crippen molar-refractivity contribution in [3.05, 3.63) is 114 Å². The van der Waals surface area contributed by atoms with Crippen LogP contribution in [0.25, 0.3) is 0 Å². The van der Waals surface area contributed by atoms with Crippen LogP contribution in [0.3, 0.4) is 0 Å². The van der Waals surface area contributed by atoms with Crippen molar-refractivity contribution < 1.29 is 18.3 Å². The van der Waals surface area contributed by atoms with Gasteiger partial charge in [0, 0.05) is 0 Å². The molecule has 238 valence electrons. The molecule has 3 aromatic carbocycles. The zero-order valence-corrected chi connectivity index (χ0v) is 30.2. The molecule has 7 heteroatoms. The van der Waals surface area contributed by atoms with Crippen LogP contribution in [0.4, 0.5) is 0 Å². The monoisotopic (exact) mass is 631 g/mol. The highest BCUT2D eigenvalue weighted by atomic mass is 28.4. The number of benzene rings is 3. The van der Waals surface area contributed by atoms with E-state index in [2.05, 4.69) is 109 Å². The third-order valence-corrected chi connectivity index (χ3v) is 18.2. The normalized spacial score (nSPS) is 15.0. The van der Waals surface area contributed by atoms with Crippen LogP contribution in [0.5, 0.6) is 0 Å². The second kappa shape index (κ2) is 15.5. The van der Waals surface area contributed by atoms with Gasteiger partial charge in [0.1, 0.15) is 12.7 Å². The van der Waals surface area contributed by atoms with Crippen LogP contribution < -0.4 is 10.4 Å². The van der Waals surface area contributed by atoms with E-state index in [1.807, 2.05) is 55.5 Å². The highest BCUT2D eigenvalue weighted by Crippen LogP contribution is 2.38. The summed E-state index contributed by atoms with van der Waals surface area (Å²) in [6.45, 7) is 20.5. The molecule has 0 aliphatic rings. The molecule has 0 aliphatic carbocycles. The molecular weight excluding hydrogens is 579 g/mol. The van der Waals surface area contributed by atoms with Crippen molar-refractivity contribution >= 4 is 33.2 Å². The van der Waals surface area contributed by atoms with Crippen LogP contribution in [0, 0.1) is 5.21 Å². The fraction of sp³-hybridized carbons (Fsp3) is 0.432. The van der Waals surface area contributed by atoms with Gasteiger partial charge in [-0.15, -0.1) is 0 Å². The highest BCUT2D eigenvalue weighted by molar-refractivity contribution is 6.99. The maximum Gasteiger partial charge on any atom is 0.262 e. The number of rotatable bonds is 14. The van der Waals surface area contributed by atoms with Gasteiger partial charge in [0.15, 0.2) is 21.1 Å². The zero-order valence-electron chi connectivity index (χ0n) is 28.2. The minimum atomic E-state index is -2.92. The quantitative estimate of drug-likeness (QED) is 0.0457. The van der Waals surface area contributed by atoms with E-state index in [4.69, 9.17) is 13.6 Å². The largest absolute Gasteiger partial charge is 0.624 e. The molecule has 5 nitrogen and oxygen atoms in total. The molecule has 0 aliphatic heterocycles. The highest BCUT2D eigenvalue weighted by Gasteiger charge is 2.52. The van der Waals surface area contributed by atoms with Crippen LogP contribution in [0.15, 0.2) is 103 Å². The summed E-state index contributed by atoms with van der Waals surface area (Å²) in [6.07, 6.45) is 4.65. The maximum atomic E-state index is 13.5. The van der Waals surface area contributed by atoms with Gasteiger partial charge in [-0.25, -0.2) is 4.74 Å². The molecule has 0 N–H and O–H groups in total.